The Labute approximate surface area is 110 Å². The largest absolute Gasteiger partial charge is 0.444 e. The zero-order valence-electron chi connectivity index (χ0n) is 10.5. The van der Waals surface area contributed by atoms with E-state index in [1.54, 1.807) is 13.0 Å². The van der Waals surface area contributed by atoms with Gasteiger partial charge in [0, 0.05) is 12.1 Å². The normalized spacial score (nSPS) is 13.5. The molecule has 0 aromatic carbocycles. The first-order valence-corrected chi connectivity index (χ1v) is 6.23. The average molecular weight is 304 g/mol. The monoisotopic (exact) mass is 303 g/mol. The van der Waals surface area contributed by atoms with Crippen molar-refractivity contribution in [3.8, 4) is 0 Å². The molecule has 1 unspecified atom stereocenters. The molecule has 1 atom stereocenters. The summed E-state index contributed by atoms with van der Waals surface area (Å²) in [5.74, 6) is -0.0329. The highest BCUT2D eigenvalue weighted by Gasteiger charge is 2.23. The predicted octanol–water partition coefficient (Wildman–Crippen LogP) is 2.49. The first-order chi connectivity index (χ1) is 7.71. The van der Waals surface area contributed by atoms with Crippen LogP contribution in [0.2, 0.25) is 0 Å². The number of aliphatic hydroxyl groups excluding tert-OH is 1. The number of nitrogens with one attached hydrogen (secondary N) is 1. The minimum Gasteiger partial charge on any atom is -0.444 e. The van der Waals surface area contributed by atoms with Crippen LogP contribution < -0.4 is 5.32 Å². The van der Waals surface area contributed by atoms with Crippen molar-refractivity contribution in [2.75, 3.05) is 6.54 Å². The SMILES string of the molecule is Cc1cc(Br)oc1C(=O)NCC(O)C(C)(C)C. The second kappa shape index (κ2) is 5.23. The van der Waals surface area contributed by atoms with Crippen LogP contribution in [0.4, 0.5) is 0 Å². The van der Waals surface area contributed by atoms with Gasteiger partial charge < -0.3 is 14.8 Å². The van der Waals surface area contributed by atoms with Gasteiger partial charge in [0.25, 0.3) is 5.91 Å². The Hall–Kier alpha value is -0.810. The van der Waals surface area contributed by atoms with Gasteiger partial charge >= 0.3 is 0 Å². The summed E-state index contributed by atoms with van der Waals surface area (Å²) in [6.07, 6.45) is -0.592. The molecule has 0 aliphatic heterocycles. The van der Waals surface area contributed by atoms with Gasteiger partial charge in [-0.1, -0.05) is 20.8 Å². The fourth-order valence-electron chi connectivity index (χ4n) is 1.24. The Morgan fingerprint density at radius 1 is 1.59 bits per heavy atom. The van der Waals surface area contributed by atoms with Gasteiger partial charge in [-0.2, -0.15) is 0 Å². The van der Waals surface area contributed by atoms with Crippen LogP contribution in [-0.4, -0.2) is 23.7 Å². The van der Waals surface area contributed by atoms with E-state index in [-0.39, 0.29) is 23.6 Å². The van der Waals surface area contributed by atoms with Crippen LogP contribution in [-0.2, 0) is 0 Å². The third-order valence-corrected chi connectivity index (χ3v) is 2.94. The molecule has 0 bridgehead atoms. The molecule has 0 saturated heterocycles. The van der Waals surface area contributed by atoms with Crippen molar-refractivity contribution < 1.29 is 14.3 Å². The Balaban J connectivity index is 2.60. The standard InChI is InChI=1S/C12H18BrNO3/c1-7-5-9(13)17-10(7)11(16)14-6-8(15)12(2,3)4/h5,8,15H,6H2,1-4H3,(H,14,16). The third-order valence-electron chi connectivity index (χ3n) is 2.55. The van der Waals surface area contributed by atoms with Gasteiger partial charge in [0.2, 0.25) is 0 Å². The summed E-state index contributed by atoms with van der Waals surface area (Å²) >= 11 is 3.17. The molecular weight excluding hydrogens is 286 g/mol. The molecule has 4 nitrogen and oxygen atoms in total. The molecule has 1 rings (SSSR count). The van der Waals surface area contributed by atoms with Crippen LogP contribution in [0.15, 0.2) is 15.2 Å². The Morgan fingerprint density at radius 3 is 2.59 bits per heavy atom. The summed E-state index contributed by atoms with van der Waals surface area (Å²) in [4.78, 5) is 11.8. The number of furan rings is 1. The van der Waals surface area contributed by atoms with Gasteiger partial charge in [-0.3, -0.25) is 4.79 Å². The van der Waals surface area contributed by atoms with E-state index >= 15 is 0 Å². The van der Waals surface area contributed by atoms with Crippen molar-refractivity contribution in [2.24, 2.45) is 5.41 Å². The van der Waals surface area contributed by atoms with E-state index in [9.17, 15) is 9.90 Å². The summed E-state index contributed by atoms with van der Waals surface area (Å²) in [6.45, 7) is 7.75. The van der Waals surface area contributed by atoms with Crippen molar-refractivity contribution in [3.05, 3.63) is 22.1 Å². The number of rotatable bonds is 3. The maximum atomic E-state index is 11.8. The van der Waals surface area contributed by atoms with Crippen LogP contribution in [0.25, 0.3) is 0 Å². The lowest BCUT2D eigenvalue weighted by Crippen LogP contribution is -2.39. The second-order valence-electron chi connectivity index (χ2n) is 5.15. The molecule has 17 heavy (non-hydrogen) atoms. The van der Waals surface area contributed by atoms with Gasteiger partial charge in [0.15, 0.2) is 10.4 Å². The molecule has 0 aliphatic carbocycles. The van der Waals surface area contributed by atoms with Gasteiger partial charge in [-0.25, -0.2) is 0 Å². The second-order valence-corrected chi connectivity index (χ2v) is 5.94. The minimum absolute atomic E-state index is 0.208. The number of hydrogen-bond donors (Lipinski definition) is 2. The number of aryl methyl sites for hydroxylation is 1. The van der Waals surface area contributed by atoms with Crippen LogP contribution >= 0.6 is 15.9 Å². The van der Waals surface area contributed by atoms with Crippen molar-refractivity contribution in [2.45, 2.75) is 33.8 Å². The number of halogens is 1. The lowest BCUT2D eigenvalue weighted by molar-refractivity contribution is 0.0578. The molecule has 1 aromatic heterocycles. The maximum absolute atomic E-state index is 11.8. The summed E-state index contributed by atoms with van der Waals surface area (Å²) in [5.41, 5.74) is 0.506. The number of carbonyl (C=O) groups excluding carboxylic acids is 1. The summed E-state index contributed by atoms with van der Waals surface area (Å²) in [6, 6.07) is 1.73. The number of hydrogen-bond acceptors (Lipinski definition) is 3. The van der Waals surface area contributed by atoms with Gasteiger partial charge in [-0.15, -0.1) is 0 Å². The quantitative estimate of drug-likeness (QED) is 0.902. The topological polar surface area (TPSA) is 62.5 Å². The van der Waals surface area contributed by atoms with Crippen molar-refractivity contribution in [1.29, 1.82) is 0 Å². The fourth-order valence-corrected chi connectivity index (χ4v) is 1.75. The van der Waals surface area contributed by atoms with Gasteiger partial charge in [-0.05, 0) is 34.3 Å². The molecule has 96 valence electrons. The molecule has 5 heteroatoms. The van der Waals surface area contributed by atoms with E-state index in [0.717, 1.165) is 5.56 Å². The maximum Gasteiger partial charge on any atom is 0.287 e. The minimum atomic E-state index is -0.592. The first-order valence-electron chi connectivity index (χ1n) is 5.44. The molecule has 0 fully saturated rings. The molecule has 1 aromatic rings. The zero-order valence-corrected chi connectivity index (χ0v) is 12.1. The zero-order chi connectivity index (χ0) is 13.2. The van der Waals surface area contributed by atoms with E-state index in [1.165, 1.54) is 0 Å². The lowest BCUT2D eigenvalue weighted by Gasteiger charge is -2.25. The Morgan fingerprint density at radius 2 is 2.18 bits per heavy atom. The molecule has 1 amide bonds. The average Bonchev–Trinajstić information content (AvgIpc) is 2.52. The van der Waals surface area contributed by atoms with E-state index in [0.29, 0.717) is 4.67 Å². The Kier molecular flexibility index (Phi) is 4.38. The van der Waals surface area contributed by atoms with E-state index in [1.807, 2.05) is 20.8 Å². The molecule has 0 saturated carbocycles. The van der Waals surface area contributed by atoms with E-state index < -0.39 is 6.10 Å². The molecule has 2 N–H and O–H groups in total. The molecule has 1 heterocycles. The van der Waals surface area contributed by atoms with E-state index in [2.05, 4.69) is 21.2 Å². The Bertz CT molecular complexity index is 406. The van der Waals surface area contributed by atoms with Crippen LogP contribution in [0, 0.1) is 12.3 Å². The van der Waals surface area contributed by atoms with Crippen molar-refractivity contribution >= 4 is 21.8 Å². The fraction of sp³-hybridized carbons (Fsp3) is 0.583. The van der Waals surface area contributed by atoms with Gasteiger partial charge in [0.05, 0.1) is 6.10 Å². The van der Waals surface area contributed by atoms with Crippen molar-refractivity contribution in [3.63, 3.8) is 0 Å². The number of carbonyl (C=O) groups is 1. The smallest absolute Gasteiger partial charge is 0.287 e. The number of amides is 1. The van der Waals surface area contributed by atoms with Gasteiger partial charge in [0.1, 0.15) is 0 Å². The van der Waals surface area contributed by atoms with Crippen LogP contribution in [0.5, 0.6) is 0 Å². The third kappa shape index (κ3) is 3.85. The summed E-state index contributed by atoms with van der Waals surface area (Å²) < 4.78 is 5.74. The highest BCUT2D eigenvalue weighted by molar-refractivity contribution is 9.10. The summed E-state index contributed by atoms with van der Waals surface area (Å²) in [7, 11) is 0. The highest BCUT2D eigenvalue weighted by atomic mass is 79.9. The van der Waals surface area contributed by atoms with Crippen LogP contribution in [0.3, 0.4) is 0 Å². The summed E-state index contributed by atoms with van der Waals surface area (Å²) in [5, 5.41) is 12.5. The van der Waals surface area contributed by atoms with E-state index in [4.69, 9.17) is 4.42 Å². The highest BCUT2D eigenvalue weighted by Crippen LogP contribution is 2.20. The molecule has 0 aliphatic rings. The molecule has 0 spiro atoms. The molecular formula is C12H18BrNO3. The molecule has 0 radical (unpaired) electrons. The predicted molar refractivity (Wildman–Crippen MR) is 68.9 cm³/mol. The number of aliphatic hydroxyl groups is 1. The lowest BCUT2D eigenvalue weighted by atomic mass is 9.89. The first kappa shape index (κ1) is 14.3. The van der Waals surface area contributed by atoms with Crippen LogP contribution in [0.1, 0.15) is 36.9 Å². The van der Waals surface area contributed by atoms with Crippen molar-refractivity contribution in [1.82, 2.24) is 5.32 Å².